The number of carboxylic acid groups (broad SMARTS) is 1. The molecule has 1 aromatic rings. The summed E-state index contributed by atoms with van der Waals surface area (Å²) in [6.07, 6.45) is -5.49. The highest BCUT2D eigenvalue weighted by atomic mass is 19.4. The van der Waals surface area contributed by atoms with Gasteiger partial charge in [0.15, 0.2) is 0 Å². The van der Waals surface area contributed by atoms with Gasteiger partial charge in [0.05, 0.1) is 6.42 Å². The summed E-state index contributed by atoms with van der Waals surface area (Å²) in [5, 5.41) is 19.7. The summed E-state index contributed by atoms with van der Waals surface area (Å²) in [7, 11) is 0. The van der Waals surface area contributed by atoms with Gasteiger partial charge in [-0.25, -0.2) is 0 Å². The number of hydrogen-bond donors (Lipinski definition) is 3. The molecule has 0 aromatic heterocycles. The van der Waals surface area contributed by atoms with E-state index < -0.39 is 36.9 Å². The Hall–Kier alpha value is -2.25. The second kappa shape index (κ2) is 6.27. The average molecular weight is 291 g/mol. The molecule has 8 heteroatoms. The van der Waals surface area contributed by atoms with Crippen molar-refractivity contribution in [1.82, 2.24) is 5.32 Å². The predicted molar refractivity (Wildman–Crippen MR) is 62.2 cm³/mol. The van der Waals surface area contributed by atoms with Crippen molar-refractivity contribution in [2.75, 3.05) is 6.54 Å². The van der Waals surface area contributed by atoms with Crippen molar-refractivity contribution in [2.24, 2.45) is 0 Å². The third kappa shape index (κ3) is 4.79. The van der Waals surface area contributed by atoms with E-state index in [1.165, 1.54) is 24.3 Å². The first-order valence-corrected chi connectivity index (χ1v) is 5.56. The molecule has 0 saturated carbocycles. The molecule has 0 aliphatic heterocycles. The molecule has 20 heavy (non-hydrogen) atoms. The van der Waals surface area contributed by atoms with Gasteiger partial charge in [0, 0.05) is 12.5 Å². The molecule has 0 aliphatic carbocycles. The SMILES string of the molecule is O=C(O)CC(CNC(=O)C(F)(F)F)c1cccc(O)c1. The van der Waals surface area contributed by atoms with Crippen LogP contribution in [0, 0.1) is 0 Å². The van der Waals surface area contributed by atoms with Gasteiger partial charge in [-0.2, -0.15) is 13.2 Å². The lowest BCUT2D eigenvalue weighted by Crippen LogP contribution is -2.39. The molecule has 3 N–H and O–H groups in total. The van der Waals surface area contributed by atoms with E-state index in [0.717, 1.165) is 0 Å². The maximum absolute atomic E-state index is 12.1. The molecule has 1 amide bonds. The van der Waals surface area contributed by atoms with Gasteiger partial charge in [0.1, 0.15) is 5.75 Å². The number of rotatable bonds is 5. The van der Waals surface area contributed by atoms with Crippen LogP contribution in [0.3, 0.4) is 0 Å². The summed E-state index contributed by atoms with van der Waals surface area (Å²) in [5.74, 6) is -4.36. The molecule has 0 radical (unpaired) electrons. The lowest BCUT2D eigenvalue weighted by Gasteiger charge is -2.17. The summed E-state index contributed by atoms with van der Waals surface area (Å²) in [6.45, 7) is -0.492. The Labute approximate surface area is 112 Å². The Morgan fingerprint density at radius 3 is 2.45 bits per heavy atom. The molecule has 0 saturated heterocycles. The van der Waals surface area contributed by atoms with Crippen molar-refractivity contribution >= 4 is 11.9 Å². The molecule has 0 aliphatic rings. The number of phenolic OH excluding ortho intramolecular Hbond substituents is 1. The van der Waals surface area contributed by atoms with Gasteiger partial charge in [0.2, 0.25) is 0 Å². The zero-order valence-electron chi connectivity index (χ0n) is 10.1. The van der Waals surface area contributed by atoms with E-state index >= 15 is 0 Å². The van der Waals surface area contributed by atoms with Crippen LogP contribution in [-0.4, -0.2) is 34.8 Å². The zero-order chi connectivity index (χ0) is 15.3. The quantitative estimate of drug-likeness (QED) is 0.769. The highest BCUT2D eigenvalue weighted by Gasteiger charge is 2.38. The minimum Gasteiger partial charge on any atom is -0.508 e. The number of carbonyl (C=O) groups excluding carboxylic acids is 1. The van der Waals surface area contributed by atoms with E-state index in [2.05, 4.69) is 0 Å². The lowest BCUT2D eigenvalue weighted by atomic mass is 9.95. The maximum atomic E-state index is 12.1. The zero-order valence-corrected chi connectivity index (χ0v) is 10.1. The predicted octanol–water partition coefficient (Wildman–Crippen LogP) is 1.63. The number of nitrogens with one attached hydrogen (secondary N) is 1. The van der Waals surface area contributed by atoms with Gasteiger partial charge in [-0.3, -0.25) is 9.59 Å². The van der Waals surface area contributed by atoms with Crippen molar-refractivity contribution < 1.29 is 33.0 Å². The van der Waals surface area contributed by atoms with E-state index in [0.29, 0.717) is 5.56 Å². The summed E-state index contributed by atoms with van der Waals surface area (Å²) < 4.78 is 36.2. The minimum absolute atomic E-state index is 0.139. The molecule has 110 valence electrons. The molecule has 0 heterocycles. The Bertz CT molecular complexity index is 502. The molecule has 0 spiro atoms. The number of aromatic hydroxyl groups is 1. The third-order valence-electron chi connectivity index (χ3n) is 2.53. The highest BCUT2D eigenvalue weighted by molar-refractivity contribution is 5.81. The van der Waals surface area contributed by atoms with Crippen LogP contribution in [-0.2, 0) is 9.59 Å². The number of aliphatic carboxylic acids is 1. The smallest absolute Gasteiger partial charge is 0.471 e. The Morgan fingerprint density at radius 1 is 1.30 bits per heavy atom. The van der Waals surface area contributed by atoms with Crippen LogP contribution >= 0.6 is 0 Å². The van der Waals surface area contributed by atoms with Gasteiger partial charge >= 0.3 is 18.1 Å². The molecule has 1 rings (SSSR count). The number of carboxylic acids is 1. The first kappa shape index (κ1) is 15.8. The van der Waals surface area contributed by atoms with Crippen molar-refractivity contribution in [3.63, 3.8) is 0 Å². The first-order valence-electron chi connectivity index (χ1n) is 5.56. The van der Waals surface area contributed by atoms with Crippen LogP contribution in [0.2, 0.25) is 0 Å². The van der Waals surface area contributed by atoms with Crippen LogP contribution in [0.4, 0.5) is 13.2 Å². The molecule has 5 nitrogen and oxygen atoms in total. The van der Waals surface area contributed by atoms with Crippen molar-refractivity contribution in [3.8, 4) is 5.75 Å². The van der Waals surface area contributed by atoms with Crippen molar-refractivity contribution in [1.29, 1.82) is 0 Å². The monoisotopic (exact) mass is 291 g/mol. The number of phenols is 1. The van der Waals surface area contributed by atoms with Crippen molar-refractivity contribution in [3.05, 3.63) is 29.8 Å². The van der Waals surface area contributed by atoms with Crippen molar-refractivity contribution in [2.45, 2.75) is 18.5 Å². The fraction of sp³-hybridized carbons (Fsp3) is 0.333. The Balaban J connectivity index is 2.80. The Morgan fingerprint density at radius 2 is 1.95 bits per heavy atom. The largest absolute Gasteiger partial charge is 0.508 e. The first-order chi connectivity index (χ1) is 9.20. The standard InChI is InChI=1S/C12H12F3NO4/c13-12(14,15)11(20)16-6-8(5-10(18)19)7-2-1-3-9(17)4-7/h1-4,8,17H,5-6H2,(H,16,20)(H,18,19). The number of amides is 1. The van der Waals surface area contributed by atoms with Crippen LogP contribution < -0.4 is 5.32 Å². The minimum atomic E-state index is -5.02. The number of alkyl halides is 3. The molecule has 0 fully saturated rings. The number of hydrogen-bond acceptors (Lipinski definition) is 3. The van der Waals surface area contributed by atoms with Crippen LogP contribution in [0.25, 0.3) is 0 Å². The normalized spacial score (nSPS) is 12.8. The molecule has 1 atom stereocenters. The maximum Gasteiger partial charge on any atom is 0.471 e. The fourth-order valence-corrected chi connectivity index (χ4v) is 1.61. The van der Waals surface area contributed by atoms with Gasteiger partial charge in [-0.1, -0.05) is 12.1 Å². The average Bonchev–Trinajstić information content (AvgIpc) is 2.32. The number of carbonyl (C=O) groups is 2. The van der Waals surface area contributed by atoms with Crippen LogP contribution in [0.5, 0.6) is 5.75 Å². The second-order valence-electron chi connectivity index (χ2n) is 4.10. The van der Waals surface area contributed by atoms with Gasteiger partial charge in [-0.05, 0) is 17.7 Å². The molecule has 1 aromatic carbocycles. The summed E-state index contributed by atoms with van der Waals surface area (Å²) in [5.41, 5.74) is 0.329. The van der Waals surface area contributed by atoms with E-state index in [4.69, 9.17) is 5.11 Å². The summed E-state index contributed by atoms with van der Waals surface area (Å²) in [4.78, 5) is 21.4. The van der Waals surface area contributed by atoms with E-state index in [9.17, 15) is 27.9 Å². The topological polar surface area (TPSA) is 86.6 Å². The third-order valence-corrected chi connectivity index (χ3v) is 2.53. The van der Waals surface area contributed by atoms with Gasteiger partial charge in [-0.15, -0.1) is 0 Å². The summed E-state index contributed by atoms with van der Waals surface area (Å²) in [6, 6.07) is 5.49. The summed E-state index contributed by atoms with van der Waals surface area (Å²) >= 11 is 0. The Kier molecular flexibility index (Phi) is 4.95. The fourth-order valence-electron chi connectivity index (χ4n) is 1.61. The van der Waals surface area contributed by atoms with Crippen LogP contribution in [0.1, 0.15) is 17.9 Å². The molecule has 1 unspecified atom stereocenters. The van der Waals surface area contributed by atoms with E-state index in [1.807, 2.05) is 0 Å². The van der Waals surface area contributed by atoms with Crippen LogP contribution in [0.15, 0.2) is 24.3 Å². The molecular weight excluding hydrogens is 279 g/mol. The molecular formula is C12H12F3NO4. The number of benzene rings is 1. The second-order valence-corrected chi connectivity index (χ2v) is 4.10. The highest BCUT2D eigenvalue weighted by Crippen LogP contribution is 2.23. The molecule has 0 bridgehead atoms. The van der Waals surface area contributed by atoms with Gasteiger partial charge in [0.25, 0.3) is 0 Å². The lowest BCUT2D eigenvalue weighted by molar-refractivity contribution is -0.173. The van der Waals surface area contributed by atoms with Gasteiger partial charge < -0.3 is 15.5 Å². The van der Waals surface area contributed by atoms with E-state index in [-0.39, 0.29) is 5.75 Å². The van der Waals surface area contributed by atoms with E-state index in [1.54, 1.807) is 5.32 Å². The number of halogens is 3.